The maximum Gasteiger partial charge on any atom is 0.244 e. The van der Waals surface area contributed by atoms with E-state index in [-0.39, 0.29) is 12.5 Å². The number of benzene rings is 2. The molecule has 0 aliphatic carbocycles. The van der Waals surface area contributed by atoms with Gasteiger partial charge in [0.25, 0.3) is 0 Å². The van der Waals surface area contributed by atoms with Crippen LogP contribution in [-0.2, 0) is 26.2 Å². The summed E-state index contributed by atoms with van der Waals surface area (Å²) in [5, 5.41) is 2.59. The maximum atomic E-state index is 13.5. The number of ether oxygens (including phenoxy) is 2. The molecule has 0 unspecified atom stereocenters. The second-order valence-electron chi connectivity index (χ2n) is 7.61. The van der Waals surface area contributed by atoms with Gasteiger partial charge in [0, 0.05) is 13.6 Å². The van der Waals surface area contributed by atoms with Crippen LogP contribution in [0.25, 0.3) is 0 Å². The van der Waals surface area contributed by atoms with Crippen molar-refractivity contribution in [2.75, 3.05) is 37.9 Å². The summed E-state index contributed by atoms with van der Waals surface area (Å²) in [7, 11) is -0.743. The lowest BCUT2D eigenvalue weighted by Gasteiger charge is -2.32. The van der Waals surface area contributed by atoms with Crippen molar-refractivity contribution in [3.05, 3.63) is 54.1 Å². The van der Waals surface area contributed by atoms with Crippen LogP contribution in [0.1, 0.15) is 25.8 Å². The smallest absolute Gasteiger partial charge is 0.244 e. The molecule has 9 nitrogen and oxygen atoms in total. The second kappa shape index (κ2) is 12.3. The Hall–Kier alpha value is -3.27. The summed E-state index contributed by atoms with van der Waals surface area (Å²) in [6.07, 6.45) is 1.40. The molecule has 0 aromatic heterocycles. The lowest BCUT2D eigenvalue weighted by atomic mass is 10.1. The zero-order valence-corrected chi connectivity index (χ0v) is 21.1. The highest BCUT2D eigenvalue weighted by Crippen LogP contribution is 2.23. The molecule has 1 atom stereocenters. The number of hydrogen-bond donors (Lipinski definition) is 1. The van der Waals surface area contributed by atoms with Crippen LogP contribution in [-0.4, -0.2) is 64.7 Å². The quantitative estimate of drug-likeness (QED) is 0.489. The fourth-order valence-electron chi connectivity index (χ4n) is 3.54. The molecule has 0 aliphatic heterocycles. The summed E-state index contributed by atoms with van der Waals surface area (Å²) < 4.78 is 36.9. The summed E-state index contributed by atoms with van der Waals surface area (Å²) in [4.78, 5) is 27.5. The standard InChI is InChI=1S/C24H33N3O6S/c1-6-22(24(29)25-3)26(16-18-9-8-10-21(15-18)32-4)23(28)17-27(34(5,30)31)19-11-13-20(14-12-19)33-7-2/h8-15,22H,6-7,16-17H2,1-5H3,(H,25,29)/t22-/m1/s1. The van der Waals surface area contributed by atoms with Crippen LogP contribution in [0, 0.1) is 0 Å². The first-order chi connectivity index (χ1) is 16.1. The molecule has 0 radical (unpaired) electrons. The van der Waals surface area contributed by atoms with Crippen LogP contribution in [0.4, 0.5) is 5.69 Å². The minimum Gasteiger partial charge on any atom is -0.497 e. The lowest BCUT2D eigenvalue weighted by Crippen LogP contribution is -2.51. The molecule has 0 aliphatic rings. The zero-order chi connectivity index (χ0) is 25.3. The van der Waals surface area contributed by atoms with Crippen molar-refractivity contribution in [1.29, 1.82) is 0 Å². The Balaban J connectivity index is 2.40. The van der Waals surface area contributed by atoms with Crippen molar-refractivity contribution in [3.8, 4) is 11.5 Å². The van der Waals surface area contributed by atoms with E-state index in [4.69, 9.17) is 9.47 Å². The Morgan fingerprint density at radius 1 is 1.06 bits per heavy atom. The van der Waals surface area contributed by atoms with E-state index < -0.39 is 28.5 Å². The fourth-order valence-corrected chi connectivity index (χ4v) is 4.39. The van der Waals surface area contributed by atoms with Gasteiger partial charge in [0.15, 0.2) is 0 Å². The van der Waals surface area contributed by atoms with Gasteiger partial charge in [0.1, 0.15) is 24.1 Å². The van der Waals surface area contributed by atoms with Crippen LogP contribution < -0.4 is 19.1 Å². The van der Waals surface area contributed by atoms with Crippen molar-refractivity contribution in [2.24, 2.45) is 0 Å². The van der Waals surface area contributed by atoms with E-state index in [0.29, 0.717) is 30.2 Å². The molecule has 1 N–H and O–H groups in total. The first-order valence-corrected chi connectivity index (χ1v) is 12.8. The Bertz CT molecular complexity index is 1070. The van der Waals surface area contributed by atoms with Crippen molar-refractivity contribution in [1.82, 2.24) is 10.2 Å². The minimum atomic E-state index is -3.79. The van der Waals surface area contributed by atoms with E-state index in [1.807, 2.05) is 13.0 Å². The van der Waals surface area contributed by atoms with Gasteiger partial charge in [-0.3, -0.25) is 13.9 Å². The number of likely N-dealkylation sites (N-methyl/N-ethyl adjacent to an activating group) is 1. The number of amides is 2. The predicted molar refractivity (Wildman–Crippen MR) is 131 cm³/mol. The zero-order valence-electron chi connectivity index (χ0n) is 20.3. The highest BCUT2D eigenvalue weighted by molar-refractivity contribution is 7.92. The maximum absolute atomic E-state index is 13.5. The highest BCUT2D eigenvalue weighted by Gasteiger charge is 2.31. The Morgan fingerprint density at radius 2 is 1.74 bits per heavy atom. The molecule has 2 amide bonds. The Labute approximate surface area is 201 Å². The number of carbonyl (C=O) groups is 2. The minimum absolute atomic E-state index is 0.114. The molecule has 10 heteroatoms. The summed E-state index contributed by atoms with van der Waals surface area (Å²) in [6.45, 7) is 3.79. The molecule has 2 rings (SSSR count). The molecule has 186 valence electrons. The molecule has 0 saturated carbocycles. The molecular weight excluding hydrogens is 458 g/mol. The van der Waals surface area contributed by atoms with E-state index in [1.54, 1.807) is 56.5 Å². The monoisotopic (exact) mass is 491 g/mol. The van der Waals surface area contributed by atoms with Gasteiger partial charge in [-0.2, -0.15) is 0 Å². The predicted octanol–water partition coefficient (Wildman–Crippen LogP) is 2.41. The lowest BCUT2D eigenvalue weighted by molar-refractivity contribution is -0.140. The SMILES string of the molecule is CCOc1ccc(N(CC(=O)N(Cc2cccc(OC)c2)[C@H](CC)C(=O)NC)S(C)(=O)=O)cc1. The number of hydrogen-bond acceptors (Lipinski definition) is 6. The van der Waals surface area contributed by atoms with Gasteiger partial charge in [-0.25, -0.2) is 8.42 Å². The second-order valence-corrected chi connectivity index (χ2v) is 9.51. The van der Waals surface area contributed by atoms with Gasteiger partial charge in [-0.15, -0.1) is 0 Å². The third-order valence-corrected chi connectivity index (χ3v) is 6.37. The fraction of sp³-hybridized carbons (Fsp3) is 0.417. The average Bonchev–Trinajstić information content (AvgIpc) is 2.82. The van der Waals surface area contributed by atoms with Crippen molar-refractivity contribution in [3.63, 3.8) is 0 Å². The number of anilines is 1. The van der Waals surface area contributed by atoms with E-state index in [0.717, 1.165) is 16.1 Å². The third-order valence-electron chi connectivity index (χ3n) is 5.23. The molecule has 2 aromatic rings. The van der Waals surface area contributed by atoms with Crippen LogP contribution in [0.15, 0.2) is 48.5 Å². The van der Waals surface area contributed by atoms with Crippen molar-refractivity contribution in [2.45, 2.75) is 32.9 Å². The van der Waals surface area contributed by atoms with Gasteiger partial charge in [-0.05, 0) is 55.3 Å². The number of nitrogens with zero attached hydrogens (tertiary/aromatic N) is 2. The summed E-state index contributed by atoms with van der Waals surface area (Å²) >= 11 is 0. The summed E-state index contributed by atoms with van der Waals surface area (Å²) in [6, 6.07) is 12.9. The molecular formula is C24H33N3O6S. The molecule has 2 aromatic carbocycles. The number of carbonyl (C=O) groups excluding carboxylic acids is 2. The number of sulfonamides is 1. The summed E-state index contributed by atoms with van der Waals surface area (Å²) in [5.41, 5.74) is 1.08. The number of nitrogens with one attached hydrogen (secondary N) is 1. The molecule has 34 heavy (non-hydrogen) atoms. The third kappa shape index (κ3) is 7.11. The van der Waals surface area contributed by atoms with Crippen LogP contribution in [0.3, 0.4) is 0 Å². The summed E-state index contributed by atoms with van der Waals surface area (Å²) in [5.74, 6) is 0.379. The molecule has 0 saturated heterocycles. The van der Waals surface area contributed by atoms with Gasteiger partial charge >= 0.3 is 0 Å². The van der Waals surface area contributed by atoms with Gasteiger partial charge in [0.2, 0.25) is 21.8 Å². The van der Waals surface area contributed by atoms with Crippen molar-refractivity contribution < 1.29 is 27.5 Å². The van der Waals surface area contributed by atoms with Gasteiger partial charge in [0.05, 0.1) is 25.7 Å². The van der Waals surface area contributed by atoms with Crippen molar-refractivity contribution >= 4 is 27.5 Å². The van der Waals surface area contributed by atoms with Gasteiger partial charge in [-0.1, -0.05) is 19.1 Å². The van der Waals surface area contributed by atoms with E-state index >= 15 is 0 Å². The molecule has 0 bridgehead atoms. The Morgan fingerprint density at radius 3 is 2.26 bits per heavy atom. The highest BCUT2D eigenvalue weighted by atomic mass is 32.2. The normalized spacial score (nSPS) is 11.9. The average molecular weight is 492 g/mol. The van der Waals surface area contributed by atoms with E-state index in [2.05, 4.69) is 5.32 Å². The largest absolute Gasteiger partial charge is 0.497 e. The van der Waals surface area contributed by atoms with Crippen LogP contribution in [0.5, 0.6) is 11.5 Å². The number of rotatable bonds is 12. The molecule has 0 heterocycles. The van der Waals surface area contributed by atoms with E-state index in [9.17, 15) is 18.0 Å². The van der Waals surface area contributed by atoms with Gasteiger partial charge < -0.3 is 19.7 Å². The van der Waals surface area contributed by atoms with E-state index in [1.165, 1.54) is 11.9 Å². The molecule has 0 fully saturated rings. The topological polar surface area (TPSA) is 105 Å². The van der Waals surface area contributed by atoms with Crippen LogP contribution in [0.2, 0.25) is 0 Å². The molecule has 0 spiro atoms. The number of methoxy groups -OCH3 is 1. The first kappa shape index (κ1) is 27.0. The first-order valence-electron chi connectivity index (χ1n) is 11.0. The van der Waals surface area contributed by atoms with Crippen LogP contribution >= 0.6 is 0 Å². The Kier molecular flexibility index (Phi) is 9.73.